The highest BCUT2D eigenvalue weighted by molar-refractivity contribution is 5.75. The number of nitrogens with zero attached hydrogens (tertiary/aromatic N) is 4. The SMILES string of the molecule is COc1ccc2nc(N)n(N(C)C)c2n1. The molecule has 2 aromatic heterocycles. The molecule has 0 spiro atoms. The van der Waals surface area contributed by atoms with E-state index in [4.69, 9.17) is 10.5 Å². The molecule has 0 aromatic carbocycles. The molecule has 0 saturated heterocycles. The summed E-state index contributed by atoms with van der Waals surface area (Å²) in [6.45, 7) is 0. The van der Waals surface area contributed by atoms with E-state index in [0.717, 1.165) is 5.52 Å². The second-order valence-corrected chi connectivity index (χ2v) is 3.33. The minimum absolute atomic E-state index is 0.413. The molecule has 0 amide bonds. The topological polar surface area (TPSA) is 69.2 Å². The van der Waals surface area contributed by atoms with Gasteiger partial charge in [-0.25, -0.2) is 9.66 Å². The van der Waals surface area contributed by atoms with Crippen LogP contribution in [0.3, 0.4) is 0 Å². The predicted octanol–water partition coefficient (Wildman–Crippen LogP) is 0.220. The summed E-state index contributed by atoms with van der Waals surface area (Å²) in [5, 5.41) is 1.82. The fourth-order valence-corrected chi connectivity index (χ4v) is 1.45. The highest BCUT2D eigenvalue weighted by Crippen LogP contribution is 2.18. The Labute approximate surface area is 87.2 Å². The van der Waals surface area contributed by atoms with Crippen molar-refractivity contribution in [2.45, 2.75) is 0 Å². The fraction of sp³-hybridized carbons (Fsp3) is 0.333. The second-order valence-electron chi connectivity index (χ2n) is 3.33. The maximum atomic E-state index is 5.78. The lowest BCUT2D eigenvalue weighted by Crippen LogP contribution is -2.26. The van der Waals surface area contributed by atoms with Gasteiger partial charge in [-0.05, 0) is 6.07 Å². The van der Waals surface area contributed by atoms with Crippen molar-refractivity contribution in [1.82, 2.24) is 14.6 Å². The summed E-state index contributed by atoms with van der Waals surface area (Å²) in [4.78, 5) is 8.48. The summed E-state index contributed by atoms with van der Waals surface area (Å²) in [7, 11) is 5.32. The van der Waals surface area contributed by atoms with E-state index in [1.54, 1.807) is 17.9 Å². The number of hydrogen-bond donors (Lipinski definition) is 1. The molecule has 2 heterocycles. The van der Waals surface area contributed by atoms with Crippen LogP contribution >= 0.6 is 0 Å². The van der Waals surface area contributed by atoms with Gasteiger partial charge < -0.3 is 15.5 Å². The van der Waals surface area contributed by atoms with Crippen molar-refractivity contribution in [1.29, 1.82) is 0 Å². The average molecular weight is 207 g/mol. The molecule has 2 rings (SSSR count). The van der Waals surface area contributed by atoms with Crippen molar-refractivity contribution >= 4 is 17.1 Å². The first kappa shape index (κ1) is 9.57. The number of nitrogens with two attached hydrogens (primary N) is 1. The minimum atomic E-state index is 0.413. The van der Waals surface area contributed by atoms with E-state index in [2.05, 4.69) is 9.97 Å². The van der Waals surface area contributed by atoms with E-state index < -0.39 is 0 Å². The van der Waals surface area contributed by atoms with Crippen LogP contribution in [0.15, 0.2) is 12.1 Å². The van der Waals surface area contributed by atoms with Crippen molar-refractivity contribution in [2.75, 3.05) is 31.9 Å². The molecular formula is C9H13N5O. The molecule has 6 nitrogen and oxygen atoms in total. The number of methoxy groups -OCH3 is 1. The number of ether oxygens (including phenoxy) is 1. The molecule has 0 bridgehead atoms. The van der Waals surface area contributed by atoms with Crippen molar-refractivity contribution in [3.05, 3.63) is 12.1 Å². The molecular weight excluding hydrogens is 194 g/mol. The smallest absolute Gasteiger partial charge is 0.221 e. The monoisotopic (exact) mass is 207 g/mol. The molecule has 0 radical (unpaired) electrons. The van der Waals surface area contributed by atoms with Crippen LogP contribution in [0.1, 0.15) is 0 Å². The standard InChI is InChI=1S/C9H13N5O/c1-13(2)14-8-6(11-9(14)10)4-5-7(12-8)15-3/h4-5H,1-3H3,(H2,10,11). The molecule has 15 heavy (non-hydrogen) atoms. The van der Waals surface area contributed by atoms with Crippen LogP contribution in [-0.2, 0) is 0 Å². The summed E-state index contributed by atoms with van der Waals surface area (Å²) in [6.07, 6.45) is 0. The first-order valence-electron chi connectivity index (χ1n) is 4.50. The number of pyridine rings is 1. The van der Waals surface area contributed by atoms with Crippen LogP contribution in [0.2, 0.25) is 0 Å². The summed E-state index contributed by atoms with van der Waals surface area (Å²) in [5.74, 6) is 0.959. The molecule has 80 valence electrons. The minimum Gasteiger partial charge on any atom is -0.481 e. The van der Waals surface area contributed by atoms with Crippen molar-refractivity contribution in [3.8, 4) is 5.88 Å². The van der Waals surface area contributed by atoms with Crippen LogP contribution < -0.4 is 15.5 Å². The number of hydrogen-bond acceptors (Lipinski definition) is 5. The maximum Gasteiger partial charge on any atom is 0.221 e. The van der Waals surface area contributed by atoms with E-state index in [-0.39, 0.29) is 0 Å². The van der Waals surface area contributed by atoms with E-state index in [1.807, 2.05) is 25.2 Å². The zero-order valence-corrected chi connectivity index (χ0v) is 8.93. The number of anilines is 1. The van der Waals surface area contributed by atoms with E-state index in [9.17, 15) is 0 Å². The molecule has 0 saturated carbocycles. The third kappa shape index (κ3) is 1.43. The number of aromatic nitrogens is 3. The third-order valence-corrected chi connectivity index (χ3v) is 2.09. The van der Waals surface area contributed by atoms with E-state index >= 15 is 0 Å². The van der Waals surface area contributed by atoms with Crippen LogP contribution in [0.5, 0.6) is 5.88 Å². The van der Waals surface area contributed by atoms with Crippen LogP contribution in [0, 0.1) is 0 Å². The zero-order chi connectivity index (χ0) is 11.0. The van der Waals surface area contributed by atoms with Crippen molar-refractivity contribution in [3.63, 3.8) is 0 Å². The first-order valence-corrected chi connectivity index (χ1v) is 4.50. The fourth-order valence-electron chi connectivity index (χ4n) is 1.45. The maximum absolute atomic E-state index is 5.78. The lowest BCUT2D eigenvalue weighted by molar-refractivity contribution is 0.399. The Morgan fingerprint density at radius 3 is 2.67 bits per heavy atom. The van der Waals surface area contributed by atoms with E-state index in [0.29, 0.717) is 17.5 Å². The summed E-state index contributed by atoms with van der Waals surface area (Å²) < 4.78 is 6.77. The molecule has 0 unspecified atom stereocenters. The Kier molecular flexibility index (Phi) is 2.11. The number of fused-ring (bicyclic) bond motifs is 1. The molecule has 2 aromatic rings. The van der Waals surface area contributed by atoms with Crippen LogP contribution in [0.25, 0.3) is 11.2 Å². The lowest BCUT2D eigenvalue weighted by Gasteiger charge is -2.15. The van der Waals surface area contributed by atoms with Crippen molar-refractivity contribution in [2.24, 2.45) is 0 Å². The van der Waals surface area contributed by atoms with Gasteiger partial charge >= 0.3 is 0 Å². The first-order chi connectivity index (χ1) is 7.13. The number of imidazole rings is 1. The molecule has 0 aliphatic heterocycles. The number of nitrogen functional groups attached to an aromatic ring is 1. The largest absolute Gasteiger partial charge is 0.481 e. The van der Waals surface area contributed by atoms with Gasteiger partial charge in [0.05, 0.1) is 7.11 Å². The molecule has 0 atom stereocenters. The van der Waals surface area contributed by atoms with Crippen LogP contribution in [0.4, 0.5) is 5.95 Å². The zero-order valence-electron chi connectivity index (χ0n) is 8.93. The average Bonchev–Trinajstić information content (AvgIpc) is 2.52. The predicted molar refractivity (Wildman–Crippen MR) is 58.6 cm³/mol. The summed E-state index contributed by atoms with van der Waals surface area (Å²) >= 11 is 0. The van der Waals surface area contributed by atoms with Crippen LogP contribution in [-0.4, -0.2) is 35.8 Å². The van der Waals surface area contributed by atoms with Gasteiger partial charge in [0.25, 0.3) is 0 Å². The Morgan fingerprint density at radius 1 is 1.33 bits per heavy atom. The molecule has 0 aliphatic carbocycles. The quantitative estimate of drug-likeness (QED) is 0.762. The third-order valence-electron chi connectivity index (χ3n) is 2.09. The van der Waals surface area contributed by atoms with Gasteiger partial charge in [0, 0.05) is 20.2 Å². The Balaban J connectivity index is 2.72. The molecule has 0 aliphatic rings. The molecule has 2 N–H and O–H groups in total. The summed E-state index contributed by atoms with van der Waals surface area (Å²) in [6, 6.07) is 3.59. The van der Waals surface area contributed by atoms with E-state index in [1.165, 1.54) is 0 Å². The van der Waals surface area contributed by atoms with Crippen molar-refractivity contribution < 1.29 is 4.74 Å². The molecule has 0 fully saturated rings. The van der Waals surface area contributed by atoms with Gasteiger partial charge in [-0.15, -0.1) is 0 Å². The lowest BCUT2D eigenvalue weighted by atomic mass is 10.4. The van der Waals surface area contributed by atoms with Gasteiger partial charge in [0.1, 0.15) is 5.52 Å². The normalized spacial score (nSPS) is 10.6. The second kappa shape index (κ2) is 3.30. The number of rotatable bonds is 2. The van der Waals surface area contributed by atoms with Gasteiger partial charge in [0.2, 0.25) is 11.8 Å². The Morgan fingerprint density at radius 2 is 2.07 bits per heavy atom. The highest BCUT2D eigenvalue weighted by Gasteiger charge is 2.11. The van der Waals surface area contributed by atoms with Gasteiger partial charge in [-0.1, -0.05) is 0 Å². The Hall–Kier alpha value is -1.98. The summed E-state index contributed by atoms with van der Waals surface area (Å²) in [5.41, 5.74) is 7.22. The van der Waals surface area contributed by atoms with Gasteiger partial charge in [-0.2, -0.15) is 4.98 Å². The van der Waals surface area contributed by atoms with Gasteiger partial charge in [-0.3, -0.25) is 0 Å². The van der Waals surface area contributed by atoms with Gasteiger partial charge in [0.15, 0.2) is 5.65 Å². The molecule has 6 heteroatoms. The highest BCUT2D eigenvalue weighted by atomic mass is 16.5. The Bertz CT molecular complexity index is 490.